The smallest absolute Gasteiger partial charge is 0.228 e. The Morgan fingerprint density at radius 1 is 1.24 bits per heavy atom. The normalized spacial score (nSPS) is 20.4. The summed E-state index contributed by atoms with van der Waals surface area (Å²) in [6.07, 6.45) is 6.31. The minimum Gasteiger partial charge on any atom is -0.326 e. The van der Waals surface area contributed by atoms with Crippen LogP contribution < -0.4 is 5.32 Å². The number of amides is 1. The number of fused-ring (bicyclic) bond motifs is 1. The van der Waals surface area contributed by atoms with Gasteiger partial charge >= 0.3 is 0 Å². The number of benzene rings is 1. The van der Waals surface area contributed by atoms with Crippen molar-refractivity contribution in [1.82, 2.24) is 9.36 Å². The lowest BCUT2D eigenvalue weighted by atomic mass is 10.1. The Balaban J connectivity index is 1.47. The lowest BCUT2D eigenvalue weighted by molar-refractivity contribution is -0.117. The molecule has 1 fully saturated rings. The number of rotatable bonds is 3. The molecule has 0 saturated heterocycles. The van der Waals surface area contributed by atoms with E-state index in [1.54, 1.807) is 12.4 Å². The van der Waals surface area contributed by atoms with Gasteiger partial charge in [0, 0.05) is 35.6 Å². The molecule has 2 aromatic heterocycles. The molecule has 0 unspecified atom stereocenters. The van der Waals surface area contributed by atoms with E-state index in [0.717, 1.165) is 22.2 Å². The number of carbonyl (C=O) groups is 1. The SMILES string of the molecule is O=C(Nc1ccc2cnsc2c1)[C@@H]1C[C@H]1c1ccncc1. The largest absolute Gasteiger partial charge is 0.326 e. The molecule has 104 valence electrons. The summed E-state index contributed by atoms with van der Waals surface area (Å²) in [4.78, 5) is 16.3. The van der Waals surface area contributed by atoms with Crippen LogP contribution in [0.2, 0.25) is 0 Å². The topological polar surface area (TPSA) is 54.9 Å². The first-order chi connectivity index (χ1) is 10.3. The number of anilines is 1. The van der Waals surface area contributed by atoms with Crippen molar-refractivity contribution >= 4 is 33.2 Å². The molecule has 1 N–H and O–H groups in total. The fraction of sp³-hybridized carbons (Fsp3) is 0.188. The Morgan fingerprint density at radius 3 is 2.95 bits per heavy atom. The van der Waals surface area contributed by atoms with Crippen molar-refractivity contribution in [2.45, 2.75) is 12.3 Å². The monoisotopic (exact) mass is 295 g/mol. The number of pyridine rings is 1. The second kappa shape index (κ2) is 4.93. The number of aromatic nitrogens is 2. The third-order valence-electron chi connectivity index (χ3n) is 3.89. The molecule has 4 nitrogen and oxygen atoms in total. The average molecular weight is 295 g/mol. The maximum absolute atomic E-state index is 12.3. The fourth-order valence-corrected chi connectivity index (χ4v) is 3.32. The van der Waals surface area contributed by atoms with Gasteiger partial charge in [-0.2, -0.15) is 4.37 Å². The van der Waals surface area contributed by atoms with Crippen LogP contribution in [0.3, 0.4) is 0 Å². The summed E-state index contributed by atoms with van der Waals surface area (Å²) in [5.41, 5.74) is 2.04. The predicted octanol–water partition coefficient (Wildman–Crippen LogP) is 3.43. The molecule has 21 heavy (non-hydrogen) atoms. The Kier molecular flexibility index (Phi) is 2.93. The van der Waals surface area contributed by atoms with Crippen molar-refractivity contribution in [1.29, 1.82) is 0 Å². The molecule has 3 aromatic rings. The first-order valence-electron chi connectivity index (χ1n) is 6.86. The molecule has 0 aliphatic heterocycles. The van der Waals surface area contributed by atoms with Crippen LogP contribution in [0.4, 0.5) is 5.69 Å². The summed E-state index contributed by atoms with van der Waals surface area (Å²) < 4.78 is 5.24. The zero-order valence-corrected chi connectivity index (χ0v) is 12.0. The Labute approximate surface area is 126 Å². The molecule has 1 aromatic carbocycles. The highest BCUT2D eigenvalue weighted by atomic mass is 32.1. The van der Waals surface area contributed by atoms with Crippen molar-refractivity contribution in [2.24, 2.45) is 5.92 Å². The van der Waals surface area contributed by atoms with Crippen LogP contribution in [0.25, 0.3) is 10.1 Å². The van der Waals surface area contributed by atoms with Crippen LogP contribution in [0.15, 0.2) is 48.9 Å². The van der Waals surface area contributed by atoms with Crippen molar-refractivity contribution in [3.05, 3.63) is 54.5 Å². The van der Waals surface area contributed by atoms with E-state index < -0.39 is 0 Å². The second-order valence-electron chi connectivity index (χ2n) is 5.30. The van der Waals surface area contributed by atoms with E-state index in [9.17, 15) is 4.79 Å². The van der Waals surface area contributed by atoms with Crippen molar-refractivity contribution in [3.8, 4) is 0 Å². The number of nitrogens with one attached hydrogen (secondary N) is 1. The lowest BCUT2D eigenvalue weighted by Crippen LogP contribution is -2.14. The van der Waals surface area contributed by atoms with E-state index in [1.807, 2.05) is 36.5 Å². The van der Waals surface area contributed by atoms with Gasteiger partial charge in [-0.1, -0.05) is 0 Å². The van der Waals surface area contributed by atoms with E-state index >= 15 is 0 Å². The fourth-order valence-electron chi connectivity index (χ4n) is 2.64. The Hall–Kier alpha value is -2.27. The first-order valence-corrected chi connectivity index (χ1v) is 7.64. The Bertz CT molecular complexity index is 799. The summed E-state index contributed by atoms with van der Waals surface area (Å²) >= 11 is 1.44. The van der Waals surface area contributed by atoms with E-state index in [4.69, 9.17) is 0 Å². The molecule has 0 radical (unpaired) electrons. The van der Waals surface area contributed by atoms with Gasteiger partial charge in [0.15, 0.2) is 0 Å². The maximum atomic E-state index is 12.3. The van der Waals surface area contributed by atoms with Gasteiger partial charge in [0.1, 0.15) is 0 Å². The lowest BCUT2D eigenvalue weighted by Gasteiger charge is -2.05. The number of nitrogens with zero attached hydrogens (tertiary/aromatic N) is 2. The molecule has 4 rings (SSSR count). The molecule has 1 aliphatic carbocycles. The van der Waals surface area contributed by atoms with Gasteiger partial charge in [0.2, 0.25) is 5.91 Å². The highest BCUT2D eigenvalue weighted by Crippen LogP contribution is 2.47. The van der Waals surface area contributed by atoms with Crippen molar-refractivity contribution in [2.75, 3.05) is 5.32 Å². The van der Waals surface area contributed by atoms with Crippen LogP contribution in [0, 0.1) is 5.92 Å². The van der Waals surface area contributed by atoms with Gasteiger partial charge in [-0.15, -0.1) is 0 Å². The molecule has 2 atom stereocenters. The van der Waals surface area contributed by atoms with Crippen LogP contribution >= 0.6 is 11.5 Å². The molecule has 1 saturated carbocycles. The molecule has 1 aliphatic rings. The summed E-state index contributed by atoms with van der Waals surface area (Å²) in [5, 5.41) is 4.12. The molecule has 0 spiro atoms. The van der Waals surface area contributed by atoms with E-state index in [-0.39, 0.29) is 11.8 Å². The molecule has 1 amide bonds. The number of hydrogen-bond donors (Lipinski definition) is 1. The number of carbonyl (C=O) groups excluding carboxylic acids is 1. The quantitative estimate of drug-likeness (QED) is 0.805. The minimum absolute atomic E-state index is 0.0737. The molecular formula is C16H13N3OS. The van der Waals surface area contributed by atoms with Gasteiger partial charge in [-0.05, 0) is 59.8 Å². The minimum atomic E-state index is 0.0737. The van der Waals surface area contributed by atoms with Gasteiger partial charge in [-0.3, -0.25) is 9.78 Å². The van der Waals surface area contributed by atoms with Gasteiger partial charge in [0.25, 0.3) is 0 Å². The standard InChI is InChI=1S/C16H13N3OS/c20-16(14-8-13(14)10-3-5-17-6-4-10)19-12-2-1-11-9-18-21-15(11)7-12/h1-7,9,13-14H,8H2,(H,19,20)/t13-,14+/m0/s1. The summed E-state index contributed by atoms with van der Waals surface area (Å²) in [6.45, 7) is 0. The van der Waals surface area contributed by atoms with Crippen LogP contribution in [0.1, 0.15) is 17.9 Å². The van der Waals surface area contributed by atoms with E-state index in [2.05, 4.69) is 14.7 Å². The molecule has 5 heteroatoms. The predicted molar refractivity (Wildman–Crippen MR) is 83.3 cm³/mol. The third-order valence-corrected chi connectivity index (χ3v) is 4.65. The molecule has 2 heterocycles. The van der Waals surface area contributed by atoms with Crippen LogP contribution in [-0.4, -0.2) is 15.3 Å². The van der Waals surface area contributed by atoms with Gasteiger partial charge in [0.05, 0.1) is 4.70 Å². The first kappa shape index (κ1) is 12.5. The van der Waals surface area contributed by atoms with Gasteiger partial charge in [-0.25, -0.2) is 0 Å². The summed E-state index contributed by atoms with van der Waals surface area (Å²) in [7, 11) is 0. The van der Waals surface area contributed by atoms with E-state index in [0.29, 0.717) is 5.92 Å². The van der Waals surface area contributed by atoms with Gasteiger partial charge < -0.3 is 5.32 Å². The van der Waals surface area contributed by atoms with Crippen molar-refractivity contribution in [3.63, 3.8) is 0 Å². The highest BCUT2D eigenvalue weighted by molar-refractivity contribution is 7.13. The second-order valence-corrected chi connectivity index (χ2v) is 6.13. The van der Waals surface area contributed by atoms with E-state index in [1.165, 1.54) is 17.1 Å². The van der Waals surface area contributed by atoms with Crippen molar-refractivity contribution < 1.29 is 4.79 Å². The summed E-state index contributed by atoms with van der Waals surface area (Å²) in [6, 6.07) is 9.87. The zero-order valence-electron chi connectivity index (χ0n) is 11.2. The number of hydrogen-bond acceptors (Lipinski definition) is 4. The highest BCUT2D eigenvalue weighted by Gasteiger charge is 2.43. The third kappa shape index (κ3) is 2.40. The zero-order chi connectivity index (χ0) is 14.2. The summed E-state index contributed by atoms with van der Waals surface area (Å²) in [5.74, 6) is 0.505. The van der Waals surface area contributed by atoms with Crippen LogP contribution in [-0.2, 0) is 4.79 Å². The maximum Gasteiger partial charge on any atom is 0.228 e. The average Bonchev–Trinajstić information content (AvgIpc) is 3.19. The Morgan fingerprint density at radius 2 is 2.10 bits per heavy atom. The molecular weight excluding hydrogens is 282 g/mol. The molecule has 0 bridgehead atoms. The van der Waals surface area contributed by atoms with Crippen LogP contribution in [0.5, 0.6) is 0 Å².